The van der Waals surface area contributed by atoms with Crippen LogP contribution in [-0.4, -0.2) is 16.0 Å². The van der Waals surface area contributed by atoms with E-state index in [1.807, 2.05) is 6.07 Å². The molecule has 1 atom stereocenters. The number of ketones is 1. The summed E-state index contributed by atoms with van der Waals surface area (Å²) in [5.41, 5.74) is 3.26. The van der Waals surface area contributed by atoms with Crippen molar-refractivity contribution in [2.75, 3.05) is 10.6 Å². The molecule has 0 amide bonds. The number of benzene rings is 2. The molecule has 5 nitrogen and oxygen atoms in total. The fourth-order valence-electron chi connectivity index (χ4n) is 3.93. The summed E-state index contributed by atoms with van der Waals surface area (Å²) in [6.45, 7) is 4.14. The zero-order chi connectivity index (χ0) is 19.3. The van der Waals surface area contributed by atoms with Gasteiger partial charge in [0.15, 0.2) is 17.3 Å². The second kappa shape index (κ2) is 6.20. The van der Waals surface area contributed by atoms with Crippen LogP contribution in [0.5, 0.6) is 11.5 Å². The molecule has 1 heterocycles. The highest BCUT2D eigenvalue weighted by Crippen LogP contribution is 2.48. The van der Waals surface area contributed by atoms with Crippen LogP contribution in [0.15, 0.2) is 47.7 Å². The third-order valence-corrected chi connectivity index (χ3v) is 5.37. The number of anilines is 2. The van der Waals surface area contributed by atoms with Crippen LogP contribution in [0.1, 0.15) is 38.3 Å². The van der Waals surface area contributed by atoms with E-state index in [2.05, 4.69) is 24.5 Å². The van der Waals surface area contributed by atoms with E-state index in [1.54, 1.807) is 24.3 Å². The molecule has 0 unspecified atom stereocenters. The molecule has 1 aliphatic carbocycles. The van der Waals surface area contributed by atoms with Crippen LogP contribution in [-0.2, 0) is 4.79 Å². The molecule has 140 valence electrons. The van der Waals surface area contributed by atoms with Crippen LogP contribution in [0.4, 0.5) is 11.4 Å². The van der Waals surface area contributed by atoms with E-state index in [1.165, 1.54) is 6.07 Å². The minimum atomic E-state index is -0.595. The summed E-state index contributed by atoms with van der Waals surface area (Å²) in [6.07, 6.45) is 1.12. The first kappa shape index (κ1) is 17.7. The molecule has 0 saturated heterocycles. The summed E-state index contributed by atoms with van der Waals surface area (Å²) in [4.78, 5) is 13.1. The summed E-state index contributed by atoms with van der Waals surface area (Å²) in [5, 5.41) is 27.7. The molecule has 0 aromatic heterocycles. The Hall–Kier alpha value is -2.66. The summed E-state index contributed by atoms with van der Waals surface area (Å²) >= 11 is 6.17. The van der Waals surface area contributed by atoms with Crippen molar-refractivity contribution >= 4 is 28.8 Å². The zero-order valence-corrected chi connectivity index (χ0v) is 15.9. The number of rotatable bonds is 1. The Kier molecular flexibility index (Phi) is 4.07. The lowest BCUT2D eigenvalue weighted by atomic mass is 9.73. The van der Waals surface area contributed by atoms with Crippen LogP contribution >= 0.6 is 11.6 Å². The van der Waals surface area contributed by atoms with Crippen LogP contribution in [0.3, 0.4) is 0 Å². The van der Waals surface area contributed by atoms with Crippen molar-refractivity contribution in [3.63, 3.8) is 0 Å². The van der Waals surface area contributed by atoms with Gasteiger partial charge in [-0.15, -0.1) is 0 Å². The Balaban J connectivity index is 1.94. The van der Waals surface area contributed by atoms with E-state index < -0.39 is 6.04 Å². The van der Waals surface area contributed by atoms with Gasteiger partial charge in [0.25, 0.3) is 0 Å². The first-order valence-electron chi connectivity index (χ1n) is 8.85. The minimum absolute atomic E-state index is 0.0212. The summed E-state index contributed by atoms with van der Waals surface area (Å²) < 4.78 is 0. The minimum Gasteiger partial charge on any atom is -0.504 e. The summed E-state index contributed by atoms with van der Waals surface area (Å²) in [6, 6.07) is 9.62. The van der Waals surface area contributed by atoms with Gasteiger partial charge in [-0.1, -0.05) is 37.6 Å². The summed E-state index contributed by atoms with van der Waals surface area (Å²) in [7, 11) is 0. The Bertz CT molecular complexity index is 981. The largest absolute Gasteiger partial charge is 0.504 e. The molecule has 4 rings (SSSR count). The van der Waals surface area contributed by atoms with Gasteiger partial charge in [0, 0.05) is 28.3 Å². The monoisotopic (exact) mass is 384 g/mol. The highest BCUT2D eigenvalue weighted by molar-refractivity contribution is 6.31. The normalized spacial score (nSPS) is 20.9. The Labute approximate surface area is 162 Å². The van der Waals surface area contributed by atoms with Gasteiger partial charge < -0.3 is 20.8 Å². The fourth-order valence-corrected chi connectivity index (χ4v) is 4.10. The van der Waals surface area contributed by atoms with E-state index in [0.717, 1.165) is 17.1 Å². The summed E-state index contributed by atoms with van der Waals surface area (Å²) in [5.74, 6) is -0.429. The maximum Gasteiger partial charge on any atom is 0.163 e. The molecule has 0 spiro atoms. The number of phenols is 2. The molecule has 27 heavy (non-hydrogen) atoms. The molecule has 2 aliphatic rings. The number of hydrogen-bond acceptors (Lipinski definition) is 5. The first-order chi connectivity index (χ1) is 12.7. The topological polar surface area (TPSA) is 81.6 Å². The second-order valence-electron chi connectivity index (χ2n) is 7.94. The van der Waals surface area contributed by atoms with E-state index in [4.69, 9.17) is 11.6 Å². The van der Waals surface area contributed by atoms with Crippen molar-refractivity contribution < 1.29 is 15.0 Å². The van der Waals surface area contributed by atoms with E-state index in [-0.39, 0.29) is 22.7 Å². The van der Waals surface area contributed by atoms with Crippen molar-refractivity contribution in [1.82, 2.24) is 0 Å². The van der Waals surface area contributed by atoms with Crippen LogP contribution in [0, 0.1) is 5.41 Å². The van der Waals surface area contributed by atoms with Crippen molar-refractivity contribution in [2.45, 2.75) is 32.7 Å². The van der Waals surface area contributed by atoms with Gasteiger partial charge in [-0.25, -0.2) is 0 Å². The molecule has 2 aromatic rings. The van der Waals surface area contributed by atoms with Gasteiger partial charge >= 0.3 is 0 Å². The van der Waals surface area contributed by atoms with E-state index >= 15 is 0 Å². The molecule has 1 aliphatic heterocycles. The lowest BCUT2D eigenvalue weighted by Crippen LogP contribution is -2.31. The Morgan fingerprint density at radius 3 is 2.67 bits per heavy atom. The second-order valence-corrected chi connectivity index (χ2v) is 8.38. The van der Waals surface area contributed by atoms with Crippen LogP contribution < -0.4 is 10.6 Å². The Morgan fingerprint density at radius 1 is 1.11 bits per heavy atom. The highest BCUT2D eigenvalue weighted by Gasteiger charge is 2.39. The number of aromatic hydroxyl groups is 2. The maximum absolute atomic E-state index is 13.1. The molecule has 2 aromatic carbocycles. The number of Topliss-reactive ketones (excluding diaryl/α,β-unsaturated/α-hetero) is 1. The Morgan fingerprint density at radius 2 is 1.89 bits per heavy atom. The zero-order valence-electron chi connectivity index (χ0n) is 15.1. The third kappa shape index (κ3) is 3.12. The standard InChI is InChI=1S/C21H21ClN2O3/c1-21(2)9-15-18(17(26)10-21)19(12-4-3-5-16(25)20(12)27)24-14-8-11(22)6-7-13(14)23-15/h3-8,19,23-25,27H,9-10H2,1-2H3/t19-/m1/s1. The average Bonchev–Trinajstić information content (AvgIpc) is 2.72. The fraction of sp³-hybridized carbons (Fsp3) is 0.286. The van der Waals surface area contributed by atoms with Crippen LogP contribution in [0.2, 0.25) is 5.02 Å². The van der Waals surface area contributed by atoms with Crippen molar-refractivity contribution in [2.24, 2.45) is 5.41 Å². The SMILES string of the molecule is CC1(C)CC(=O)C2=C(C1)Nc1ccc(Cl)cc1N[C@@H]2c1cccc(O)c1O. The molecule has 0 bridgehead atoms. The molecule has 6 heteroatoms. The predicted octanol–water partition coefficient (Wildman–Crippen LogP) is 4.97. The van der Waals surface area contributed by atoms with Gasteiger partial charge in [-0.3, -0.25) is 4.79 Å². The lowest BCUT2D eigenvalue weighted by molar-refractivity contribution is -0.118. The molecule has 4 N–H and O–H groups in total. The van der Waals surface area contributed by atoms with Gasteiger partial charge in [-0.2, -0.15) is 0 Å². The number of carbonyl (C=O) groups excluding carboxylic acids is 1. The number of allylic oxidation sites excluding steroid dienone is 1. The number of phenolic OH excluding ortho intramolecular Hbond substituents is 2. The van der Waals surface area contributed by atoms with E-state index in [9.17, 15) is 15.0 Å². The lowest BCUT2D eigenvalue weighted by Gasteiger charge is -2.34. The number of nitrogens with one attached hydrogen (secondary N) is 2. The van der Waals surface area contributed by atoms with Crippen LogP contribution in [0.25, 0.3) is 0 Å². The highest BCUT2D eigenvalue weighted by atomic mass is 35.5. The average molecular weight is 385 g/mol. The molecular formula is C21H21ClN2O3. The van der Waals surface area contributed by atoms with Crippen molar-refractivity contribution in [1.29, 1.82) is 0 Å². The van der Waals surface area contributed by atoms with Gasteiger partial charge in [0.2, 0.25) is 0 Å². The maximum atomic E-state index is 13.1. The number of fused-ring (bicyclic) bond motifs is 1. The number of halogens is 1. The predicted molar refractivity (Wildman–Crippen MR) is 106 cm³/mol. The number of hydrogen-bond donors (Lipinski definition) is 4. The van der Waals surface area contributed by atoms with Gasteiger partial charge in [-0.05, 0) is 36.1 Å². The molecule has 0 fully saturated rings. The number of carbonyl (C=O) groups is 1. The smallest absolute Gasteiger partial charge is 0.163 e. The van der Waals surface area contributed by atoms with Crippen molar-refractivity contribution in [3.05, 3.63) is 58.3 Å². The quantitative estimate of drug-likeness (QED) is 0.522. The number of para-hydroxylation sites is 1. The first-order valence-corrected chi connectivity index (χ1v) is 9.23. The van der Waals surface area contributed by atoms with E-state index in [0.29, 0.717) is 29.0 Å². The molecule has 0 saturated carbocycles. The van der Waals surface area contributed by atoms with Gasteiger partial charge in [0.05, 0.1) is 17.4 Å². The van der Waals surface area contributed by atoms with Crippen molar-refractivity contribution in [3.8, 4) is 11.5 Å². The molecule has 0 radical (unpaired) electrons. The van der Waals surface area contributed by atoms with Gasteiger partial charge in [0.1, 0.15) is 0 Å². The third-order valence-electron chi connectivity index (χ3n) is 5.13. The molecular weight excluding hydrogens is 364 g/mol.